The Bertz CT molecular complexity index is 2930. The summed E-state index contributed by atoms with van der Waals surface area (Å²) in [5.74, 6) is 0. The molecule has 0 nitrogen and oxygen atoms in total. The van der Waals surface area contributed by atoms with Gasteiger partial charge in [0, 0.05) is 29.9 Å². The van der Waals surface area contributed by atoms with Crippen LogP contribution < -0.4 is 0 Å². The highest BCUT2D eigenvalue weighted by atomic mass is 32.1. The number of rotatable bonds is 24. The third-order valence-corrected chi connectivity index (χ3v) is 20.0. The maximum Gasteiger partial charge on any atom is 0.0722 e. The molecule has 6 aromatic carbocycles. The molecule has 0 radical (unpaired) electrons. The number of aryl methyl sites for hydroxylation is 4. The van der Waals surface area contributed by atoms with E-state index in [1.165, 1.54) is 211 Å². The van der Waals surface area contributed by atoms with E-state index in [1.54, 1.807) is 0 Å². The molecule has 2 aliphatic rings. The lowest BCUT2D eigenvalue weighted by Crippen LogP contribution is -2.28. The van der Waals surface area contributed by atoms with Crippen molar-refractivity contribution in [1.29, 1.82) is 0 Å². The summed E-state index contributed by atoms with van der Waals surface area (Å²) in [6.45, 7) is 9.23. The van der Waals surface area contributed by atoms with Crippen LogP contribution in [0.5, 0.6) is 0 Å². The molecular weight excluding hydrogens is 937 g/mol. The van der Waals surface area contributed by atoms with Crippen molar-refractivity contribution in [3.63, 3.8) is 0 Å². The fourth-order valence-corrected chi connectivity index (χ4v) is 16.2. The van der Waals surface area contributed by atoms with Crippen molar-refractivity contribution < 1.29 is 0 Å². The zero-order valence-corrected chi connectivity index (χ0v) is 46.7. The molecule has 73 heavy (non-hydrogen) atoms. The van der Waals surface area contributed by atoms with E-state index in [2.05, 4.69) is 172 Å². The van der Waals surface area contributed by atoms with Crippen molar-refractivity contribution in [2.24, 2.45) is 0 Å². The van der Waals surface area contributed by atoms with Crippen molar-refractivity contribution in [1.82, 2.24) is 0 Å². The number of thiophene rings is 3. The minimum Gasteiger partial charge on any atom is -0.143 e. The first-order chi connectivity index (χ1) is 36.0. The van der Waals surface area contributed by atoms with E-state index in [0.29, 0.717) is 0 Å². The molecule has 0 atom stereocenters. The molecule has 11 rings (SSSR count). The van der Waals surface area contributed by atoms with Crippen LogP contribution in [0.3, 0.4) is 0 Å². The molecule has 374 valence electrons. The van der Waals surface area contributed by atoms with Gasteiger partial charge in [-0.05, 0) is 176 Å². The lowest BCUT2D eigenvalue weighted by molar-refractivity contribution is 0.666. The average Bonchev–Trinajstić information content (AvgIpc) is 4.27. The predicted octanol–water partition coefficient (Wildman–Crippen LogP) is 21.4. The smallest absolute Gasteiger partial charge is 0.0722 e. The number of hydrogen-bond donors (Lipinski definition) is 0. The minimum atomic E-state index is -0.421. The predicted molar refractivity (Wildman–Crippen MR) is 321 cm³/mol. The molecule has 0 unspecified atom stereocenters. The van der Waals surface area contributed by atoms with Crippen molar-refractivity contribution in [2.75, 3.05) is 0 Å². The third kappa shape index (κ3) is 9.22. The van der Waals surface area contributed by atoms with Crippen LogP contribution in [0.2, 0.25) is 0 Å². The van der Waals surface area contributed by atoms with Crippen LogP contribution in [0.4, 0.5) is 0 Å². The van der Waals surface area contributed by atoms with Crippen molar-refractivity contribution in [3.05, 3.63) is 211 Å². The molecule has 0 saturated carbocycles. The van der Waals surface area contributed by atoms with Crippen LogP contribution in [0.15, 0.2) is 144 Å². The topological polar surface area (TPSA) is 0 Å². The number of benzene rings is 6. The van der Waals surface area contributed by atoms with Gasteiger partial charge >= 0.3 is 0 Å². The molecule has 0 aliphatic heterocycles. The van der Waals surface area contributed by atoms with E-state index >= 15 is 0 Å². The van der Waals surface area contributed by atoms with Crippen molar-refractivity contribution in [3.8, 4) is 20.9 Å². The maximum absolute atomic E-state index is 2.66. The van der Waals surface area contributed by atoms with Crippen LogP contribution in [0.1, 0.15) is 197 Å². The quantitative estimate of drug-likeness (QED) is 0.0529. The van der Waals surface area contributed by atoms with Gasteiger partial charge in [0.1, 0.15) is 0 Å². The molecule has 0 spiro atoms. The fourth-order valence-electron chi connectivity index (χ4n) is 13.1. The summed E-state index contributed by atoms with van der Waals surface area (Å²) < 4.78 is 2.77. The first-order valence-electron chi connectivity index (χ1n) is 28.6. The summed E-state index contributed by atoms with van der Waals surface area (Å²) in [7, 11) is 0. The number of fused-ring (bicyclic) bond motifs is 9. The summed E-state index contributed by atoms with van der Waals surface area (Å²) in [6.07, 6.45) is 25.2. The third-order valence-electron chi connectivity index (χ3n) is 17.0. The van der Waals surface area contributed by atoms with E-state index in [1.807, 2.05) is 34.0 Å². The van der Waals surface area contributed by atoms with Crippen molar-refractivity contribution >= 4 is 54.2 Å². The van der Waals surface area contributed by atoms with E-state index in [0.717, 1.165) is 25.7 Å². The molecule has 9 aromatic rings. The molecule has 0 saturated heterocycles. The minimum absolute atomic E-state index is 0.421. The van der Waals surface area contributed by atoms with E-state index < -0.39 is 10.8 Å². The standard InChI is InChI=1S/C70H76S3/c1-5-9-13-17-21-49-25-33-53(34-26-49)69(54-35-27-50(28-36-54)22-18-14-10-6-2)61-41-43-71-67(61)59-47-65-57(45-63(59)69)58-46-64-60(48-66(58)73-65)68-62(42-44-72-68)70(64,55-37-29-51(30-38-55)23-19-15-11-7-3)56-39-31-52(32-40-56)24-20-16-12-8-4/h25-48H,5-24H2,1-4H3. The van der Waals surface area contributed by atoms with Crippen LogP contribution in [-0.2, 0) is 36.5 Å². The Balaban J connectivity index is 1.08. The van der Waals surface area contributed by atoms with Crippen LogP contribution >= 0.6 is 34.0 Å². The van der Waals surface area contributed by atoms with Crippen LogP contribution in [0, 0.1) is 0 Å². The second-order valence-corrected chi connectivity index (χ2v) is 24.7. The first-order valence-corrected chi connectivity index (χ1v) is 31.2. The first kappa shape index (κ1) is 50.1. The molecule has 3 heterocycles. The summed E-state index contributed by atoms with van der Waals surface area (Å²) >= 11 is 5.84. The van der Waals surface area contributed by atoms with E-state index in [9.17, 15) is 0 Å². The maximum atomic E-state index is 2.66. The Labute approximate surface area is 450 Å². The van der Waals surface area contributed by atoms with Gasteiger partial charge in [-0.1, -0.05) is 202 Å². The SMILES string of the molecule is CCCCCCc1ccc(C2(c3ccc(CCCCCC)cc3)c3cc4c(cc3-c3sccc32)sc2cc3c(cc24)C(c2ccc(CCCCCC)cc2)(c2ccc(CCCCCC)cc2)c2ccsc2-3)cc1. The van der Waals surface area contributed by atoms with Gasteiger partial charge in [-0.2, -0.15) is 0 Å². The zero-order chi connectivity index (χ0) is 49.8. The molecule has 3 aromatic heterocycles. The fraction of sp³-hybridized carbons (Fsp3) is 0.371. The molecule has 2 aliphatic carbocycles. The lowest BCUT2D eigenvalue weighted by atomic mass is 9.67. The van der Waals surface area contributed by atoms with Gasteiger partial charge in [0.15, 0.2) is 0 Å². The normalized spacial score (nSPS) is 14.0. The molecule has 0 N–H and O–H groups in total. The largest absolute Gasteiger partial charge is 0.143 e. The summed E-state index contributed by atoms with van der Waals surface area (Å²) in [4.78, 5) is 2.85. The Morgan fingerprint density at radius 2 is 0.616 bits per heavy atom. The Morgan fingerprint density at radius 1 is 0.315 bits per heavy atom. The second kappa shape index (κ2) is 22.4. The number of unbranched alkanes of at least 4 members (excludes halogenated alkanes) is 12. The Kier molecular flexibility index (Phi) is 15.4. The highest BCUT2D eigenvalue weighted by molar-refractivity contribution is 7.26. The molecule has 3 heteroatoms. The van der Waals surface area contributed by atoms with Gasteiger partial charge in [0.2, 0.25) is 0 Å². The van der Waals surface area contributed by atoms with Gasteiger partial charge in [0.05, 0.1) is 10.8 Å². The molecule has 0 amide bonds. The van der Waals surface area contributed by atoms with Gasteiger partial charge in [-0.25, -0.2) is 0 Å². The Morgan fingerprint density at radius 3 is 0.904 bits per heavy atom. The zero-order valence-electron chi connectivity index (χ0n) is 44.2. The van der Waals surface area contributed by atoms with Gasteiger partial charge in [-0.3, -0.25) is 0 Å². The Hall–Kier alpha value is -5.06. The summed E-state index contributed by atoms with van der Waals surface area (Å²) in [5.41, 5.74) is 19.0. The van der Waals surface area contributed by atoms with E-state index in [-0.39, 0.29) is 0 Å². The molecular formula is C70H76S3. The molecule has 0 bridgehead atoms. The average molecular weight is 1010 g/mol. The summed E-state index contributed by atoms with van der Waals surface area (Å²) in [5, 5.41) is 7.47. The van der Waals surface area contributed by atoms with Gasteiger partial charge < -0.3 is 0 Å². The van der Waals surface area contributed by atoms with Crippen LogP contribution in [-0.4, -0.2) is 0 Å². The van der Waals surface area contributed by atoms with Gasteiger partial charge in [-0.15, -0.1) is 34.0 Å². The number of hydrogen-bond acceptors (Lipinski definition) is 3. The highest BCUT2D eigenvalue weighted by Crippen LogP contribution is 2.62. The van der Waals surface area contributed by atoms with E-state index in [4.69, 9.17) is 0 Å². The molecule has 0 fully saturated rings. The van der Waals surface area contributed by atoms with Crippen molar-refractivity contribution in [2.45, 2.75) is 167 Å². The monoisotopic (exact) mass is 1010 g/mol. The second-order valence-electron chi connectivity index (χ2n) is 21.7. The van der Waals surface area contributed by atoms with Gasteiger partial charge in [0.25, 0.3) is 0 Å². The highest BCUT2D eigenvalue weighted by Gasteiger charge is 2.49. The lowest BCUT2D eigenvalue weighted by Gasteiger charge is -2.34. The van der Waals surface area contributed by atoms with Crippen LogP contribution in [0.25, 0.3) is 41.1 Å². The summed E-state index contributed by atoms with van der Waals surface area (Å²) in [6, 6.07) is 55.0.